The smallest absolute Gasteiger partial charge is 0.144 e. The molecule has 0 unspecified atom stereocenters. The second-order valence-electron chi connectivity index (χ2n) is 3.26. The van der Waals surface area contributed by atoms with Crippen LogP contribution in [0.25, 0.3) is 0 Å². The van der Waals surface area contributed by atoms with Crippen LogP contribution in [0.15, 0.2) is 17.1 Å². The molecule has 0 amide bonds. The molecule has 0 aliphatic heterocycles. The molecule has 3 heteroatoms. The number of hydrogen-bond donors (Lipinski definition) is 1. The first-order valence-electron chi connectivity index (χ1n) is 4.52. The van der Waals surface area contributed by atoms with Crippen molar-refractivity contribution in [3.05, 3.63) is 29.1 Å². The van der Waals surface area contributed by atoms with Crippen molar-refractivity contribution in [2.45, 2.75) is 19.3 Å². The summed E-state index contributed by atoms with van der Waals surface area (Å²) in [5.74, 6) is 0.523. The van der Waals surface area contributed by atoms with Gasteiger partial charge >= 0.3 is 0 Å². The minimum Gasteiger partial charge on any atom is -0.382 e. The topological polar surface area (TPSA) is 51.3 Å². The SMILES string of the molecule is CN=C(N)c1ccc2c(n1)CCC2. The van der Waals surface area contributed by atoms with Crippen LogP contribution >= 0.6 is 0 Å². The van der Waals surface area contributed by atoms with Crippen LogP contribution in [0.2, 0.25) is 0 Å². The number of nitrogens with two attached hydrogens (primary N) is 1. The van der Waals surface area contributed by atoms with Gasteiger partial charge in [-0.05, 0) is 30.9 Å². The van der Waals surface area contributed by atoms with Crippen molar-refractivity contribution in [2.24, 2.45) is 10.7 Å². The fourth-order valence-corrected chi connectivity index (χ4v) is 1.68. The van der Waals surface area contributed by atoms with Crippen LogP contribution in [-0.4, -0.2) is 17.9 Å². The van der Waals surface area contributed by atoms with E-state index in [1.165, 1.54) is 17.7 Å². The molecule has 2 N–H and O–H groups in total. The summed E-state index contributed by atoms with van der Waals surface area (Å²) in [5, 5.41) is 0. The molecule has 0 bridgehead atoms. The number of nitrogens with zero attached hydrogens (tertiary/aromatic N) is 2. The summed E-state index contributed by atoms with van der Waals surface area (Å²) < 4.78 is 0. The van der Waals surface area contributed by atoms with Crippen molar-refractivity contribution < 1.29 is 0 Å². The van der Waals surface area contributed by atoms with Gasteiger partial charge in [0.15, 0.2) is 0 Å². The number of rotatable bonds is 1. The van der Waals surface area contributed by atoms with Crippen LogP contribution in [0.1, 0.15) is 23.4 Å². The molecule has 13 heavy (non-hydrogen) atoms. The minimum absolute atomic E-state index is 0.523. The van der Waals surface area contributed by atoms with Gasteiger partial charge in [-0.1, -0.05) is 6.07 Å². The van der Waals surface area contributed by atoms with E-state index in [9.17, 15) is 0 Å². The number of pyridine rings is 1. The molecular formula is C10H13N3. The van der Waals surface area contributed by atoms with Gasteiger partial charge in [-0.3, -0.25) is 4.99 Å². The van der Waals surface area contributed by atoms with Gasteiger partial charge in [-0.15, -0.1) is 0 Å². The first kappa shape index (κ1) is 8.23. The summed E-state index contributed by atoms with van der Waals surface area (Å²) in [5.41, 5.74) is 9.05. The Bertz CT molecular complexity index is 355. The van der Waals surface area contributed by atoms with Gasteiger partial charge in [0.05, 0.1) is 0 Å². The average Bonchev–Trinajstić information content (AvgIpc) is 2.63. The van der Waals surface area contributed by atoms with E-state index in [0.717, 1.165) is 18.5 Å². The highest BCUT2D eigenvalue weighted by atomic mass is 14.9. The summed E-state index contributed by atoms with van der Waals surface area (Å²) in [6, 6.07) is 4.06. The maximum Gasteiger partial charge on any atom is 0.144 e. The van der Waals surface area contributed by atoms with E-state index in [0.29, 0.717) is 5.84 Å². The zero-order chi connectivity index (χ0) is 9.26. The summed E-state index contributed by atoms with van der Waals surface area (Å²) in [6.07, 6.45) is 3.46. The second-order valence-corrected chi connectivity index (χ2v) is 3.26. The van der Waals surface area contributed by atoms with Gasteiger partial charge in [0, 0.05) is 12.7 Å². The number of amidine groups is 1. The number of aromatic nitrogens is 1. The molecule has 1 aliphatic rings. The standard InChI is InChI=1S/C10H13N3/c1-12-10(11)9-6-5-7-3-2-4-8(7)13-9/h5-6H,2-4H2,1H3,(H2,11,12). The Kier molecular flexibility index (Phi) is 2.00. The maximum absolute atomic E-state index is 5.68. The predicted molar refractivity (Wildman–Crippen MR) is 52.9 cm³/mol. The highest BCUT2D eigenvalue weighted by Gasteiger charge is 2.12. The van der Waals surface area contributed by atoms with Gasteiger partial charge < -0.3 is 5.73 Å². The Morgan fingerprint density at radius 3 is 3.08 bits per heavy atom. The molecule has 3 nitrogen and oxygen atoms in total. The average molecular weight is 175 g/mol. The minimum atomic E-state index is 0.523. The van der Waals surface area contributed by atoms with Crippen LogP contribution in [0.5, 0.6) is 0 Å². The first-order chi connectivity index (χ1) is 6.31. The normalized spacial score (nSPS) is 15.9. The molecule has 0 atom stereocenters. The molecule has 2 rings (SSSR count). The monoisotopic (exact) mass is 175 g/mol. The second kappa shape index (κ2) is 3.17. The molecule has 1 aliphatic carbocycles. The lowest BCUT2D eigenvalue weighted by molar-refractivity contribution is 0.898. The van der Waals surface area contributed by atoms with Gasteiger partial charge in [0.1, 0.15) is 11.5 Å². The Labute approximate surface area is 77.7 Å². The third-order valence-electron chi connectivity index (χ3n) is 2.43. The van der Waals surface area contributed by atoms with Crippen molar-refractivity contribution in [1.82, 2.24) is 4.98 Å². The zero-order valence-corrected chi connectivity index (χ0v) is 7.75. The van der Waals surface area contributed by atoms with Crippen molar-refractivity contribution in [3.8, 4) is 0 Å². The number of aryl methyl sites for hydroxylation is 2. The maximum atomic E-state index is 5.68. The lowest BCUT2D eigenvalue weighted by Crippen LogP contribution is -2.15. The van der Waals surface area contributed by atoms with Gasteiger partial charge in [0.2, 0.25) is 0 Å². The van der Waals surface area contributed by atoms with Crippen LogP contribution < -0.4 is 5.73 Å². The molecule has 0 aromatic carbocycles. The largest absolute Gasteiger partial charge is 0.382 e. The van der Waals surface area contributed by atoms with Gasteiger partial charge in [-0.2, -0.15) is 0 Å². The molecule has 0 saturated carbocycles. The Morgan fingerprint density at radius 2 is 2.31 bits per heavy atom. The third kappa shape index (κ3) is 1.41. The lowest BCUT2D eigenvalue weighted by Gasteiger charge is -2.02. The van der Waals surface area contributed by atoms with E-state index >= 15 is 0 Å². The van der Waals surface area contributed by atoms with E-state index in [2.05, 4.69) is 16.0 Å². The van der Waals surface area contributed by atoms with Crippen molar-refractivity contribution in [2.75, 3.05) is 7.05 Å². The quantitative estimate of drug-likeness (QED) is 0.509. The van der Waals surface area contributed by atoms with Crippen LogP contribution in [0, 0.1) is 0 Å². The van der Waals surface area contributed by atoms with Gasteiger partial charge in [0.25, 0.3) is 0 Å². The third-order valence-corrected chi connectivity index (χ3v) is 2.43. The molecule has 0 saturated heterocycles. The molecule has 0 spiro atoms. The highest BCUT2D eigenvalue weighted by Crippen LogP contribution is 2.19. The van der Waals surface area contributed by atoms with Crippen LogP contribution in [-0.2, 0) is 12.8 Å². The molecule has 1 heterocycles. The summed E-state index contributed by atoms with van der Waals surface area (Å²) >= 11 is 0. The van der Waals surface area contributed by atoms with Gasteiger partial charge in [-0.25, -0.2) is 4.98 Å². The molecule has 1 aromatic heterocycles. The molecule has 0 radical (unpaired) electrons. The Balaban J connectivity index is 2.41. The van der Waals surface area contributed by atoms with Crippen LogP contribution in [0.3, 0.4) is 0 Å². The molecule has 0 fully saturated rings. The van der Waals surface area contributed by atoms with E-state index in [4.69, 9.17) is 5.73 Å². The number of aliphatic imine (C=N–C) groups is 1. The van der Waals surface area contributed by atoms with Crippen molar-refractivity contribution in [1.29, 1.82) is 0 Å². The zero-order valence-electron chi connectivity index (χ0n) is 7.75. The van der Waals surface area contributed by atoms with E-state index in [-0.39, 0.29) is 0 Å². The fourth-order valence-electron chi connectivity index (χ4n) is 1.68. The van der Waals surface area contributed by atoms with E-state index < -0.39 is 0 Å². The fraction of sp³-hybridized carbons (Fsp3) is 0.400. The molecular weight excluding hydrogens is 162 g/mol. The Morgan fingerprint density at radius 1 is 1.46 bits per heavy atom. The number of fused-ring (bicyclic) bond motifs is 1. The predicted octanol–water partition coefficient (Wildman–Crippen LogP) is 0.905. The Hall–Kier alpha value is -1.38. The van der Waals surface area contributed by atoms with Crippen molar-refractivity contribution >= 4 is 5.84 Å². The lowest BCUT2D eigenvalue weighted by atomic mass is 10.2. The van der Waals surface area contributed by atoms with Crippen molar-refractivity contribution in [3.63, 3.8) is 0 Å². The summed E-state index contributed by atoms with van der Waals surface area (Å²) in [4.78, 5) is 8.38. The number of hydrogen-bond acceptors (Lipinski definition) is 2. The summed E-state index contributed by atoms with van der Waals surface area (Å²) in [6.45, 7) is 0. The molecule has 68 valence electrons. The van der Waals surface area contributed by atoms with E-state index in [1.807, 2.05) is 6.07 Å². The van der Waals surface area contributed by atoms with E-state index in [1.54, 1.807) is 7.05 Å². The highest BCUT2D eigenvalue weighted by molar-refractivity contribution is 5.95. The molecule has 1 aromatic rings. The summed E-state index contributed by atoms with van der Waals surface area (Å²) in [7, 11) is 1.68. The first-order valence-corrected chi connectivity index (χ1v) is 4.52. The van der Waals surface area contributed by atoms with Crippen LogP contribution in [0.4, 0.5) is 0 Å².